The summed E-state index contributed by atoms with van der Waals surface area (Å²) in [6.45, 7) is 1.65. The van der Waals surface area contributed by atoms with Crippen molar-refractivity contribution in [2.75, 3.05) is 5.32 Å². The smallest absolute Gasteiger partial charge is 0.266 e. The Morgan fingerprint density at radius 3 is 2.96 bits per heavy atom. The quantitative estimate of drug-likeness (QED) is 0.770. The number of amides is 1. The highest BCUT2D eigenvalue weighted by atomic mass is 35.5. The maximum absolute atomic E-state index is 12.3. The zero-order valence-electron chi connectivity index (χ0n) is 12.8. The Morgan fingerprint density at radius 2 is 2.21 bits per heavy atom. The van der Waals surface area contributed by atoms with Crippen molar-refractivity contribution < 1.29 is 9.53 Å². The summed E-state index contributed by atoms with van der Waals surface area (Å²) < 4.78 is 7.29. The molecule has 1 N–H and O–H groups in total. The van der Waals surface area contributed by atoms with Crippen LogP contribution in [0.5, 0.6) is 5.75 Å². The summed E-state index contributed by atoms with van der Waals surface area (Å²) in [5, 5.41) is 3.24. The third kappa shape index (κ3) is 3.88. The summed E-state index contributed by atoms with van der Waals surface area (Å²) in [6, 6.07) is 8.51. The molecule has 2 heterocycles. The topological polar surface area (TPSA) is 81.9 Å². The molecule has 0 aliphatic heterocycles. The minimum atomic E-state index is -0.713. The first kappa shape index (κ1) is 15.9. The molecule has 1 atom stereocenters. The number of benzene rings is 1. The maximum atomic E-state index is 12.3. The molecule has 1 unspecified atom stereocenters. The molecule has 0 saturated heterocycles. The van der Waals surface area contributed by atoms with E-state index in [0.717, 1.165) is 0 Å². The van der Waals surface area contributed by atoms with Crippen molar-refractivity contribution in [3.8, 4) is 11.6 Å². The number of carbonyl (C=O) groups excluding carboxylic acids is 1. The molecular formula is C16H14ClN5O2. The second-order valence-electron chi connectivity index (χ2n) is 4.94. The van der Waals surface area contributed by atoms with Gasteiger partial charge in [0.1, 0.15) is 30.0 Å². The third-order valence-electron chi connectivity index (χ3n) is 3.15. The van der Waals surface area contributed by atoms with E-state index in [1.807, 2.05) is 0 Å². The van der Waals surface area contributed by atoms with E-state index in [4.69, 9.17) is 16.3 Å². The fraction of sp³-hybridized carbons (Fsp3) is 0.125. The predicted octanol–water partition coefficient (Wildman–Crippen LogP) is 2.72. The highest BCUT2D eigenvalue weighted by Gasteiger charge is 2.16. The minimum Gasteiger partial charge on any atom is -0.481 e. The van der Waals surface area contributed by atoms with E-state index >= 15 is 0 Å². The van der Waals surface area contributed by atoms with Crippen LogP contribution in [0.2, 0.25) is 5.02 Å². The fourth-order valence-corrected chi connectivity index (χ4v) is 2.16. The van der Waals surface area contributed by atoms with E-state index in [1.54, 1.807) is 60.5 Å². The number of aromatic nitrogens is 4. The Hall–Kier alpha value is -2.93. The molecule has 122 valence electrons. The number of ether oxygens (including phenoxy) is 1. The van der Waals surface area contributed by atoms with Crippen molar-refractivity contribution in [3.05, 3.63) is 60.4 Å². The van der Waals surface area contributed by atoms with Crippen molar-refractivity contribution in [2.45, 2.75) is 13.0 Å². The normalized spacial score (nSPS) is 11.8. The van der Waals surface area contributed by atoms with Gasteiger partial charge in [0.15, 0.2) is 6.10 Å². The van der Waals surface area contributed by atoms with Crippen molar-refractivity contribution >= 4 is 23.3 Å². The number of imidazole rings is 1. The molecule has 0 aliphatic carbocycles. The summed E-state index contributed by atoms with van der Waals surface area (Å²) in [7, 11) is 0. The number of rotatable bonds is 5. The largest absolute Gasteiger partial charge is 0.481 e. The Labute approximate surface area is 143 Å². The lowest BCUT2D eigenvalue weighted by Crippen LogP contribution is -2.30. The van der Waals surface area contributed by atoms with Gasteiger partial charge >= 0.3 is 0 Å². The molecule has 2 aromatic heterocycles. The Balaban J connectivity index is 1.67. The second kappa shape index (κ2) is 7.10. The third-order valence-corrected chi connectivity index (χ3v) is 3.39. The van der Waals surface area contributed by atoms with Crippen LogP contribution in [0.1, 0.15) is 6.92 Å². The maximum Gasteiger partial charge on any atom is 0.266 e. The van der Waals surface area contributed by atoms with Gasteiger partial charge in [-0.25, -0.2) is 15.0 Å². The molecule has 8 heteroatoms. The highest BCUT2D eigenvalue weighted by molar-refractivity contribution is 6.30. The number of nitrogens with zero attached hydrogens (tertiary/aromatic N) is 4. The summed E-state index contributed by atoms with van der Waals surface area (Å²) in [6.07, 6.45) is 5.65. The highest BCUT2D eigenvalue weighted by Crippen LogP contribution is 2.18. The SMILES string of the molecule is CC(Oc1cccc(Cl)c1)C(=O)Nc1cc(-n2ccnc2)ncn1. The van der Waals surface area contributed by atoms with E-state index in [0.29, 0.717) is 22.4 Å². The summed E-state index contributed by atoms with van der Waals surface area (Å²) >= 11 is 5.90. The average Bonchev–Trinajstić information content (AvgIpc) is 3.09. The lowest BCUT2D eigenvalue weighted by Gasteiger charge is -2.14. The number of hydrogen-bond acceptors (Lipinski definition) is 5. The van der Waals surface area contributed by atoms with Gasteiger partial charge in [-0.15, -0.1) is 0 Å². The van der Waals surface area contributed by atoms with E-state index in [-0.39, 0.29) is 5.91 Å². The zero-order valence-corrected chi connectivity index (χ0v) is 13.5. The number of carbonyl (C=O) groups is 1. The van der Waals surface area contributed by atoms with E-state index < -0.39 is 6.10 Å². The van der Waals surface area contributed by atoms with Crippen LogP contribution in [0.4, 0.5) is 5.82 Å². The van der Waals surface area contributed by atoms with Gasteiger partial charge in [0.05, 0.1) is 0 Å². The van der Waals surface area contributed by atoms with Gasteiger partial charge in [-0.2, -0.15) is 0 Å². The molecule has 3 aromatic rings. The first-order chi connectivity index (χ1) is 11.6. The summed E-state index contributed by atoms with van der Waals surface area (Å²) in [4.78, 5) is 24.4. The van der Waals surface area contributed by atoms with Gasteiger partial charge < -0.3 is 10.1 Å². The fourth-order valence-electron chi connectivity index (χ4n) is 1.98. The lowest BCUT2D eigenvalue weighted by molar-refractivity contribution is -0.122. The van der Waals surface area contributed by atoms with Crippen molar-refractivity contribution in [2.24, 2.45) is 0 Å². The van der Waals surface area contributed by atoms with Crippen molar-refractivity contribution in [1.82, 2.24) is 19.5 Å². The molecular weight excluding hydrogens is 330 g/mol. The van der Waals surface area contributed by atoms with Crippen LogP contribution < -0.4 is 10.1 Å². The molecule has 7 nitrogen and oxygen atoms in total. The van der Waals surface area contributed by atoms with Crippen LogP contribution in [-0.4, -0.2) is 31.5 Å². The molecule has 0 spiro atoms. The first-order valence-electron chi connectivity index (χ1n) is 7.15. The first-order valence-corrected chi connectivity index (χ1v) is 7.53. The summed E-state index contributed by atoms with van der Waals surface area (Å²) in [5.74, 6) is 1.17. The number of anilines is 1. The monoisotopic (exact) mass is 343 g/mol. The van der Waals surface area contributed by atoms with E-state index in [1.165, 1.54) is 6.33 Å². The lowest BCUT2D eigenvalue weighted by atomic mass is 10.3. The Kier molecular flexibility index (Phi) is 4.72. The molecule has 0 bridgehead atoms. The van der Waals surface area contributed by atoms with Crippen LogP contribution >= 0.6 is 11.6 Å². The van der Waals surface area contributed by atoms with Gasteiger partial charge in [0.25, 0.3) is 5.91 Å². The van der Waals surface area contributed by atoms with Crippen LogP contribution in [-0.2, 0) is 4.79 Å². The minimum absolute atomic E-state index is 0.328. The Bertz CT molecular complexity index is 838. The van der Waals surface area contributed by atoms with E-state index in [2.05, 4.69) is 20.3 Å². The van der Waals surface area contributed by atoms with Gasteiger partial charge in [0.2, 0.25) is 0 Å². The average molecular weight is 344 g/mol. The molecule has 0 fully saturated rings. The molecule has 0 saturated carbocycles. The van der Waals surface area contributed by atoms with Crippen LogP contribution in [0, 0.1) is 0 Å². The van der Waals surface area contributed by atoms with Gasteiger partial charge in [-0.05, 0) is 25.1 Å². The van der Waals surface area contributed by atoms with E-state index in [9.17, 15) is 4.79 Å². The summed E-state index contributed by atoms with van der Waals surface area (Å²) in [5.41, 5.74) is 0. The molecule has 24 heavy (non-hydrogen) atoms. The van der Waals surface area contributed by atoms with Crippen LogP contribution in [0.15, 0.2) is 55.4 Å². The molecule has 0 radical (unpaired) electrons. The zero-order chi connectivity index (χ0) is 16.9. The molecule has 1 amide bonds. The second-order valence-corrected chi connectivity index (χ2v) is 5.37. The number of hydrogen-bond donors (Lipinski definition) is 1. The molecule has 0 aliphatic rings. The molecule has 1 aromatic carbocycles. The Morgan fingerprint density at radius 1 is 1.33 bits per heavy atom. The van der Waals surface area contributed by atoms with Gasteiger partial charge in [-0.1, -0.05) is 17.7 Å². The molecule has 3 rings (SSSR count). The van der Waals surface area contributed by atoms with Gasteiger partial charge in [-0.3, -0.25) is 9.36 Å². The van der Waals surface area contributed by atoms with Crippen molar-refractivity contribution in [1.29, 1.82) is 0 Å². The number of nitrogens with one attached hydrogen (secondary N) is 1. The van der Waals surface area contributed by atoms with Crippen LogP contribution in [0.25, 0.3) is 5.82 Å². The van der Waals surface area contributed by atoms with Gasteiger partial charge in [0, 0.05) is 23.5 Å². The standard InChI is InChI=1S/C16H14ClN5O2/c1-11(24-13-4-2-3-12(17)7-13)16(23)21-14-8-15(20-9-19-14)22-6-5-18-10-22/h2-11H,1H3,(H,19,20,21,23). The van der Waals surface area contributed by atoms with Crippen LogP contribution in [0.3, 0.4) is 0 Å². The number of halogens is 1. The van der Waals surface area contributed by atoms with Crippen molar-refractivity contribution in [3.63, 3.8) is 0 Å². The predicted molar refractivity (Wildman–Crippen MR) is 89.3 cm³/mol.